The van der Waals surface area contributed by atoms with Gasteiger partial charge in [-0.3, -0.25) is 4.90 Å². The first-order valence-corrected chi connectivity index (χ1v) is 6.45. The summed E-state index contributed by atoms with van der Waals surface area (Å²) < 4.78 is 195. The first kappa shape index (κ1) is 24.4. The van der Waals surface area contributed by atoms with Crippen molar-refractivity contribution in [3.63, 3.8) is 0 Å². The lowest BCUT2D eigenvalue weighted by molar-refractivity contribution is -0.415. The Hall–Kier alpha value is -1.62. The van der Waals surface area contributed by atoms with E-state index < -0.39 is 65.8 Å². The average molecular weight is 453 g/mol. The number of nitrogens with two attached hydrogens (primary N) is 1. The zero-order chi connectivity index (χ0) is 22.8. The van der Waals surface area contributed by atoms with Crippen molar-refractivity contribution in [1.82, 2.24) is 4.90 Å². The fourth-order valence-electron chi connectivity index (χ4n) is 1.88. The van der Waals surface area contributed by atoms with Crippen LogP contribution in [0.5, 0.6) is 0 Å². The standard InChI is InChI=1S/C10H6F15N3/c11-4(12,3-27-9(22,23)10(24,25)28(3)2-1-26)5(13,14)6(15,16)7(17,18)8(19,20)21/h1-2,26H2. The predicted molar refractivity (Wildman–Crippen MR) is 58.9 cm³/mol. The zero-order valence-electron chi connectivity index (χ0n) is 12.6. The molecule has 0 spiro atoms. The van der Waals surface area contributed by atoms with Crippen LogP contribution in [-0.4, -0.2) is 65.8 Å². The van der Waals surface area contributed by atoms with Crippen LogP contribution in [0.1, 0.15) is 0 Å². The fraction of sp³-hybridized carbons (Fsp3) is 0.900. The first-order chi connectivity index (χ1) is 12.0. The molecular formula is C10H6F15N3. The molecule has 3 nitrogen and oxygen atoms in total. The van der Waals surface area contributed by atoms with Crippen LogP contribution in [0.3, 0.4) is 0 Å². The summed E-state index contributed by atoms with van der Waals surface area (Å²) in [5.74, 6) is -34.3. The van der Waals surface area contributed by atoms with Gasteiger partial charge in [-0.25, -0.2) is 0 Å². The number of alkyl halides is 15. The highest BCUT2D eigenvalue weighted by Gasteiger charge is 2.89. The maximum absolute atomic E-state index is 13.8. The minimum atomic E-state index is -7.97. The van der Waals surface area contributed by atoms with Gasteiger partial charge in [0.2, 0.25) is 0 Å². The van der Waals surface area contributed by atoms with Gasteiger partial charge in [0.25, 0.3) is 0 Å². The van der Waals surface area contributed by atoms with Crippen molar-refractivity contribution in [3.05, 3.63) is 0 Å². The van der Waals surface area contributed by atoms with Crippen LogP contribution in [0.25, 0.3) is 0 Å². The Morgan fingerprint density at radius 1 is 0.750 bits per heavy atom. The van der Waals surface area contributed by atoms with Gasteiger partial charge in [0.1, 0.15) is 0 Å². The monoisotopic (exact) mass is 453 g/mol. The molecule has 1 heterocycles. The molecule has 1 rings (SSSR count). The van der Waals surface area contributed by atoms with Gasteiger partial charge < -0.3 is 5.73 Å². The van der Waals surface area contributed by atoms with E-state index in [2.05, 4.69) is 5.73 Å². The highest BCUT2D eigenvalue weighted by Crippen LogP contribution is 2.59. The minimum absolute atomic E-state index is 1.18. The lowest BCUT2D eigenvalue weighted by atomic mass is 9.97. The molecule has 0 aromatic rings. The van der Waals surface area contributed by atoms with Gasteiger partial charge >= 0.3 is 42.0 Å². The molecule has 2 N–H and O–H groups in total. The molecule has 18 heteroatoms. The van der Waals surface area contributed by atoms with Crippen molar-refractivity contribution in [2.75, 3.05) is 13.1 Å². The third kappa shape index (κ3) is 2.94. The van der Waals surface area contributed by atoms with Crippen LogP contribution in [0.2, 0.25) is 0 Å². The molecule has 0 saturated heterocycles. The van der Waals surface area contributed by atoms with Crippen LogP contribution in [0.4, 0.5) is 65.9 Å². The summed E-state index contributed by atoms with van der Waals surface area (Å²) in [5.41, 5.74) is 4.62. The second kappa shape index (κ2) is 6.19. The molecule has 1 aliphatic heterocycles. The van der Waals surface area contributed by atoms with E-state index in [9.17, 15) is 65.9 Å². The fourth-order valence-corrected chi connectivity index (χ4v) is 1.88. The Kier molecular flexibility index (Phi) is 5.40. The highest BCUT2D eigenvalue weighted by atomic mass is 19.4. The van der Waals surface area contributed by atoms with Gasteiger partial charge in [0.15, 0.2) is 5.84 Å². The van der Waals surface area contributed by atoms with Gasteiger partial charge in [0.05, 0.1) is 0 Å². The van der Waals surface area contributed by atoms with Crippen LogP contribution in [-0.2, 0) is 0 Å². The lowest BCUT2D eigenvalue weighted by Crippen LogP contribution is -2.69. The number of rotatable bonds is 6. The average Bonchev–Trinajstić information content (AvgIpc) is 2.65. The second-order valence-corrected chi connectivity index (χ2v) is 5.25. The van der Waals surface area contributed by atoms with Crippen LogP contribution >= 0.6 is 0 Å². The SMILES string of the molecule is NCCN1C(C(F)(F)C(F)(F)C(F)(F)C(F)(F)C(F)(F)F)=NC(F)(F)C1(F)F. The number of halogens is 15. The summed E-state index contributed by atoms with van der Waals surface area (Å²) in [4.78, 5) is -0.495. The van der Waals surface area contributed by atoms with E-state index in [4.69, 9.17) is 0 Å². The topological polar surface area (TPSA) is 41.6 Å². The van der Waals surface area contributed by atoms with Gasteiger partial charge in [-0.15, -0.1) is 0 Å². The number of hydrogen-bond donors (Lipinski definition) is 1. The van der Waals surface area contributed by atoms with E-state index >= 15 is 0 Å². The summed E-state index contributed by atoms with van der Waals surface area (Å²) in [6, 6.07) is -11.8. The van der Waals surface area contributed by atoms with Gasteiger partial charge in [0, 0.05) is 13.1 Å². The molecule has 0 atom stereocenters. The van der Waals surface area contributed by atoms with Crippen LogP contribution in [0.15, 0.2) is 4.99 Å². The molecule has 0 unspecified atom stereocenters. The Labute approximate surface area is 143 Å². The third-order valence-electron chi connectivity index (χ3n) is 3.38. The van der Waals surface area contributed by atoms with E-state index in [1.807, 2.05) is 0 Å². The molecule has 0 amide bonds. The molecule has 0 fully saturated rings. The first-order valence-electron chi connectivity index (χ1n) is 6.45. The minimum Gasteiger partial charge on any atom is -0.329 e. The molecule has 1 aliphatic rings. The number of nitrogens with zero attached hydrogens (tertiary/aromatic N) is 2. The Bertz CT molecular complexity index is 634. The van der Waals surface area contributed by atoms with E-state index in [0.717, 1.165) is 0 Å². The van der Waals surface area contributed by atoms with Gasteiger partial charge in [-0.1, -0.05) is 0 Å². The molecule has 0 saturated carbocycles. The largest absolute Gasteiger partial charge is 0.460 e. The smallest absolute Gasteiger partial charge is 0.329 e. The molecule has 0 bridgehead atoms. The van der Waals surface area contributed by atoms with Gasteiger partial charge in [-0.2, -0.15) is 70.8 Å². The molecule has 28 heavy (non-hydrogen) atoms. The van der Waals surface area contributed by atoms with E-state index in [-0.39, 0.29) is 0 Å². The summed E-state index contributed by atoms with van der Waals surface area (Å²) >= 11 is 0. The molecule has 0 radical (unpaired) electrons. The summed E-state index contributed by atoms with van der Waals surface area (Å²) in [7, 11) is 0. The summed E-state index contributed by atoms with van der Waals surface area (Å²) in [6.07, 6.45) is -7.50. The Morgan fingerprint density at radius 3 is 1.54 bits per heavy atom. The Morgan fingerprint density at radius 2 is 1.18 bits per heavy atom. The lowest BCUT2D eigenvalue weighted by Gasteiger charge is -2.39. The predicted octanol–water partition coefficient (Wildman–Crippen LogP) is 3.95. The Balaban J connectivity index is 3.64. The summed E-state index contributed by atoms with van der Waals surface area (Å²) in [6.45, 7) is -3.12. The van der Waals surface area contributed by atoms with Crippen LogP contribution in [0, 0.1) is 0 Å². The van der Waals surface area contributed by atoms with Crippen molar-refractivity contribution < 1.29 is 65.9 Å². The van der Waals surface area contributed by atoms with Crippen molar-refractivity contribution >= 4 is 5.84 Å². The molecule has 0 aromatic carbocycles. The molecule has 0 aromatic heterocycles. The number of amidine groups is 1. The van der Waals surface area contributed by atoms with Crippen LogP contribution < -0.4 is 5.73 Å². The van der Waals surface area contributed by atoms with Crippen molar-refractivity contribution in [2.24, 2.45) is 10.7 Å². The second-order valence-electron chi connectivity index (χ2n) is 5.25. The normalized spacial score (nSPS) is 21.1. The molecular weight excluding hydrogens is 447 g/mol. The van der Waals surface area contributed by atoms with E-state index in [0.29, 0.717) is 0 Å². The quantitative estimate of drug-likeness (QED) is 0.489. The number of hydrogen-bond acceptors (Lipinski definition) is 3. The summed E-state index contributed by atoms with van der Waals surface area (Å²) in [5, 5.41) is 0. The van der Waals surface area contributed by atoms with Gasteiger partial charge in [-0.05, 0) is 0 Å². The van der Waals surface area contributed by atoms with E-state index in [1.165, 1.54) is 4.99 Å². The maximum Gasteiger partial charge on any atom is 0.460 e. The van der Waals surface area contributed by atoms with E-state index in [1.54, 1.807) is 0 Å². The zero-order valence-corrected chi connectivity index (χ0v) is 12.6. The molecule has 166 valence electrons. The maximum atomic E-state index is 13.8. The molecule has 0 aliphatic carbocycles. The van der Waals surface area contributed by atoms with Crippen molar-refractivity contribution in [3.8, 4) is 0 Å². The highest BCUT2D eigenvalue weighted by molar-refractivity contribution is 5.92. The number of aliphatic imine (C=N–C) groups is 1. The third-order valence-corrected chi connectivity index (χ3v) is 3.38. The van der Waals surface area contributed by atoms with Crippen molar-refractivity contribution in [1.29, 1.82) is 0 Å². The van der Waals surface area contributed by atoms with Crippen molar-refractivity contribution in [2.45, 2.75) is 42.0 Å².